The molecule has 0 aromatic heterocycles. The molecule has 3 N–H and O–H groups in total. The van der Waals surface area contributed by atoms with Gasteiger partial charge in [0.25, 0.3) is 5.91 Å². The number of piperidine rings is 1. The van der Waals surface area contributed by atoms with Crippen molar-refractivity contribution in [2.75, 3.05) is 13.1 Å². The summed E-state index contributed by atoms with van der Waals surface area (Å²) in [5.41, 5.74) is 1.55. The summed E-state index contributed by atoms with van der Waals surface area (Å²) in [6.45, 7) is 0.795. The Labute approximate surface area is 156 Å². The van der Waals surface area contributed by atoms with Gasteiger partial charge in [-0.3, -0.25) is 10.0 Å². The number of hydrogen-bond donors (Lipinski definition) is 3. The van der Waals surface area contributed by atoms with Crippen LogP contribution in [0.5, 0.6) is 0 Å². The number of sulfone groups is 1. The fraction of sp³-hybridized carbons (Fsp3) is 0.278. The predicted octanol–water partition coefficient (Wildman–Crippen LogP) is 2.24. The molecule has 138 valence electrons. The summed E-state index contributed by atoms with van der Waals surface area (Å²) >= 11 is 1.53. The minimum atomic E-state index is -3.95. The average molecular weight is 393 g/mol. The minimum Gasteiger partial charge on any atom is -0.317 e. The third-order valence-electron chi connectivity index (χ3n) is 4.55. The number of carbonyl (C=O) groups is 1. The van der Waals surface area contributed by atoms with E-state index < -0.39 is 20.5 Å². The summed E-state index contributed by atoms with van der Waals surface area (Å²) in [4.78, 5) is 14.3. The maximum Gasteiger partial charge on any atom is 0.265 e. The van der Waals surface area contributed by atoms with Crippen LogP contribution in [0.15, 0.2) is 69.3 Å². The van der Waals surface area contributed by atoms with E-state index in [9.17, 15) is 13.2 Å². The highest BCUT2D eigenvalue weighted by molar-refractivity contribution is 7.99. The van der Waals surface area contributed by atoms with E-state index in [1.807, 2.05) is 30.3 Å². The van der Waals surface area contributed by atoms with Crippen molar-refractivity contribution in [1.82, 2.24) is 10.8 Å². The fourth-order valence-corrected chi connectivity index (χ4v) is 5.90. The monoisotopic (exact) mass is 392 g/mol. The number of hydrogen-bond acceptors (Lipinski definition) is 6. The number of nitrogens with one attached hydrogen (secondary N) is 2. The van der Waals surface area contributed by atoms with Gasteiger partial charge >= 0.3 is 0 Å². The van der Waals surface area contributed by atoms with Crippen molar-refractivity contribution in [3.63, 3.8) is 0 Å². The first-order valence-electron chi connectivity index (χ1n) is 8.22. The zero-order chi connectivity index (χ0) is 18.6. The molecule has 1 heterocycles. The number of benzene rings is 2. The smallest absolute Gasteiger partial charge is 0.265 e. The van der Waals surface area contributed by atoms with Crippen molar-refractivity contribution in [1.29, 1.82) is 0 Å². The molecule has 0 unspecified atom stereocenters. The summed E-state index contributed by atoms with van der Waals surface area (Å²) in [6, 6.07) is 16.3. The van der Waals surface area contributed by atoms with Gasteiger partial charge in [0.2, 0.25) is 0 Å². The standard InChI is InChI=1S/C18H20N2O4S2/c21-17(20-22)18(10-12-19-13-11-18)26(23,24)16-8-6-15(7-9-16)25-14-4-2-1-3-5-14/h1-9,19,22H,10-13H2,(H,20,21). The van der Waals surface area contributed by atoms with Crippen LogP contribution in [0.1, 0.15) is 12.8 Å². The van der Waals surface area contributed by atoms with Crippen LogP contribution in [0.2, 0.25) is 0 Å². The Morgan fingerprint density at radius 1 is 1.00 bits per heavy atom. The Balaban J connectivity index is 1.90. The van der Waals surface area contributed by atoms with Gasteiger partial charge in [-0.2, -0.15) is 0 Å². The van der Waals surface area contributed by atoms with Crippen LogP contribution in [-0.2, 0) is 14.6 Å². The summed E-state index contributed by atoms with van der Waals surface area (Å²) in [5.74, 6) is -0.873. The van der Waals surface area contributed by atoms with Crippen molar-refractivity contribution < 1.29 is 18.4 Å². The predicted molar refractivity (Wildman–Crippen MR) is 99.0 cm³/mol. The Kier molecular flexibility index (Phi) is 5.67. The first kappa shape index (κ1) is 18.9. The van der Waals surface area contributed by atoms with Crippen LogP contribution in [-0.4, -0.2) is 37.4 Å². The third-order valence-corrected chi connectivity index (χ3v) is 8.08. The molecule has 6 nitrogen and oxygen atoms in total. The zero-order valence-electron chi connectivity index (χ0n) is 14.0. The van der Waals surface area contributed by atoms with Crippen LogP contribution >= 0.6 is 11.8 Å². The van der Waals surface area contributed by atoms with Crippen molar-refractivity contribution in [3.05, 3.63) is 54.6 Å². The number of amides is 1. The van der Waals surface area contributed by atoms with Crippen LogP contribution in [0.4, 0.5) is 0 Å². The van der Waals surface area contributed by atoms with E-state index in [0.29, 0.717) is 13.1 Å². The Bertz CT molecular complexity index is 862. The molecule has 0 bridgehead atoms. The average Bonchev–Trinajstić information content (AvgIpc) is 2.69. The second-order valence-electron chi connectivity index (χ2n) is 6.08. The van der Waals surface area contributed by atoms with Gasteiger partial charge in [0, 0.05) is 9.79 Å². The SMILES string of the molecule is O=C(NO)C1(S(=O)(=O)c2ccc(Sc3ccccc3)cc2)CCNCC1. The molecule has 26 heavy (non-hydrogen) atoms. The van der Waals surface area contributed by atoms with Crippen molar-refractivity contribution in [3.8, 4) is 0 Å². The van der Waals surface area contributed by atoms with Gasteiger partial charge in [-0.05, 0) is 62.3 Å². The van der Waals surface area contributed by atoms with E-state index in [-0.39, 0.29) is 17.7 Å². The van der Waals surface area contributed by atoms with Gasteiger partial charge in [-0.15, -0.1) is 0 Å². The molecule has 1 saturated heterocycles. The minimum absolute atomic E-state index is 0.0837. The highest BCUT2D eigenvalue weighted by Gasteiger charge is 2.51. The number of carbonyl (C=O) groups excluding carboxylic acids is 1. The lowest BCUT2D eigenvalue weighted by atomic mass is 9.96. The van der Waals surface area contributed by atoms with E-state index in [4.69, 9.17) is 5.21 Å². The molecule has 0 saturated carbocycles. The molecule has 0 spiro atoms. The molecular formula is C18H20N2O4S2. The molecule has 3 rings (SSSR count). The molecule has 8 heteroatoms. The quantitative estimate of drug-likeness (QED) is 0.534. The number of rotatable bonds is 5. The van der Waals surface area contributed by atoms with Crippen molar-refractivity contribution in [2.45, 2.75) is 32.3 Å². The Morgan fingerprint density at radius 2 is 1.58 bits per heavy atom. The van der Waals surface area contributed by atoms with Crippen molar-refractivity contribution >= 4 is 27.5 Å². The van der Waals surface area contributed by atoms with Gasteiger partial charge in [0.05, 0.1) is 4.90 Å². The van der Waals surface area contributed by atoms with Gasteiger partial charge in [-0.25, -0.2) is 13.9 Å². The molecular weight excluding hydrogens is 372 g/mol. The van der Waals surface area contributed by atoms with Gasteiger partial charge in [-0.1, -0.05) is 30.0 Å². The maximum atomic E-state index is 13.2. The first-order valence-corrected chi connectivity index (χ1v) is 10.5. The van der Waals surface area contributed by atoms with Gasteiger partial charge < -0.3 is 5.32 Å². The topological polar surface area (TPSA) is 95.5 Å². The highest BCUT2D eigenvalue weighted by Crippen LogP contribution is 2.35. The van der Waals surface area contributed by atoms with Crippen LogP contribution < -0.4 is 10.8 Å². The summed E-state index contributed by atoms with van der Waals surface area (Å²) in [6.07, 6.45) is 0.227. The van der Waals surface area contributed by atoms with E-state index in [1.165, 1.54) is 23.9 Å². The molecule has 1 aliphatic heterocycles. The van der Waals surface area contributed by atoms with E-state index in [2.05, 4.69) is 5.32 Å². The lowest BCUT2D eigenvalue weighted by Gasteiger charge is -2.34. The second-order valence-corrected chi connectivity index (χ2v) is 9.48. The first-order chi connectivity index (χ1) is 12.5. The molecule has 0 aliphatic carbocycles. The normalized spacial score (nSPS) is 16.8. The molecule has 2 aromatic carbocycles. The van der Waals surface area contributed by atoms with Crippen LogP contribution in [0.25, 0.3) is 0 Å². The molecule has 0 radical (unpaired) electrons. The van der Waals surface area contributed by atoms with Crippen LogP contribution in [0, 0.1) is 0 Å². The molecule has 1 amide bonds. The van der Waals surface area contributed by atoms with E-state index in [0.717, 1.165) is 9.79 Å². The summed E-state index contributed by atoms with van der Waals surface area (Å²) in [7, 11) is -3.95. The fourth-order valence-electron chi connectivity index (χ4n) is 3.09. The molecule has 1 aliphatic rings. The highest BCUT2D eigenvalue weighted by atomic mass is 32.2. The third kappa shape index (κ3) is 3.50. The van der Waals surface area contributed by atoms with Gasteiger partial charge in [0.15, 0.2) is 14.6 Å². The lowest BCUT2D eigenvalue weighted by Crippen LogP contribution is -2.57. The molecule has 2 aromatic rings. The largest absolute Gasteiger partial charge is 0.317 e. The van der Waals surface area contributed by atoms with E-state index >= 15 is 0 Å². The van der Waals surface area contributed by atoms with Crippen LogP contribution in [0.3, 0.4) is 0 Å². The maximum absolute atomic E-state index is 13.2. The molecule has 1 fully saturated rings. The zero-order valence-corrected chi connectivity index (χ0v) is 15.6. The van der Waals surface area contributed by atoms with E-state index in [1.54, 1.807) is 17.6 Å². The van der Waals surface area contributed by atoms with Gasteiger partial charge in [0.1, 0.15) is 0 Å². The Hall–Kier alpha value is -1.87. The lowest BCUT2D eigenvalue weighted by molar-refractivity contribution is -0.132. The Morgan fingerprint density at radius 3 is 2.15 bits per heavy atom. The van der Waals surface area contributed by atoms with Crippen molar-refractivity contribution in [2.24, 2.45) is 0 Å². The number of hydroxylamine groups is 1. The second kappa shape index (κ2) is 7.79. The molecule has 0 atom stereocenters. The summed E-state index contributed by atoms with van der Waals surface area (Å²) < 4.78 is 24.7. The summed E-state index contributed by atoms with van der Waals surface area (Å²) in [5, 5.41) is 12.1.